The molecule has 0 radical (unpaired) electrons. The molecule has 1 unspecified atom stereocenters. The number of aliphatic carboxylic acids is 1. The lowest BCUT2D eigenvalue weighted by atomic mass is 10.1. The highest BCUT2D eigenvalue weighted by Crippen LogP contribution is 2.15. The smallest absolute Gasteiger partial charge is 0.326 e. The molecule has 1 atom stereocenters. The summed E-state index contributed by atoms with van der Waals surface area (Å²) >= 11 is 0. The molecule has 6 heteroatoms. The lowest BCUT2D eigenvalue weighted by Gasteiger charge is -2.13. The van der Waals surface area contributed by atoms with Crippen LogP contribution in [0.5, 0.6) is 5.75 Å². The Balaban J connectivity index is 2.36. The molecule has 1 rings (SSSR count). The first-order valence-electron chi connectivity index (χ1n) is 6.44. The van der Waals surface area contributed by atoms with Gasteiger partial charge in [-0.15, -0.1) is 0 Å². The van der Waals surface area contributed by atoms with Gasteiger partial charge in [-0.05, 0) is 18.6 Å². The molecule has 0 heterocycles. The highest BCUT2D eigenvalue weighted by molar-refractivity contribution is 5.83. The van der Waals surface area contributed by atoms with Crippen LogP contribution in [0, 0.1) is 5.82 Å². The molecule has 0 saturated carbocycles. The predicted molar refractivity (Wildman–Crippen MR) is 71.0 cm³/mol. The Morgan fingerprint density at radius 2 is 2.10 bits per heavy atom. The fourth-order valence-electron chi connectivity index (χ4n) is 1.63. The third-order valence-electron chi connectivity index (χ3n) is 2.63. The third-order valence-corrected chi connectivity index (χ3v) is 2.63. The molecule has 0 aromatic heterocycles. The Morgan fingerprint density at radius 3 is 2.70 bits per heavy atom. The van der Waals surface area contributed by atoms with Gasteiger partial charge in [0, 0.05) is 0 Å². The van der Waals surface area contributed by atoms with Crippen LogP contribution in [0.2, 0.25) is 0 Å². The average Bonchev–Trinajstić information content (AvgIpc) is 2.40. The first-order chi connectivity index (χ1) is 9.54. The number of para-hydroxylation sites is 1. The molecule has 1 amide bonds. The Labute approximate surface area is 116 Å². The van der Waals surface area contributed by atoms with Crippen molar-refractivity contribution in [3.8, 4) is 5.75 Å². The van der Waals surface area contributed by atoms with E-state index in [0.717, 1.165) is 0 Å². The van der Waals surface area contributed by atoms with E-state index in [2.05, 4.69) is 5.32 Å². The van der Waals surface area contributed by atoms with Gasteiger partial charge in [-0.3, -0.25) is 4.79 Å². The molecular weight excluding hydrogens is 265 g/mol. The maximum absolute atomic E-state index is 13.2. The maximum atomic E-state index is 13.2. The largest absolute Gasteiger partial charge is 0.490 e. The lowest BCUT2D eigenvalue weighted by molar-refractivity contribution is -0.142. The Kier molecular flexibility index (Phi) is 6.49. The van der Waals surface area contributed by atoms with Crippen molar-refractivity contribution in [1.29, 1.82) is 0 Å². The standard InChI is InChI=1S/C14H18FNO4/c1-2-5-11(14(18)19)16-13(17)8-9-20-12-7-4-3-6-10(12)15/h3-4,6-7,11H,2,5,8-9H2,1H3,(H,16,17)(H,18,19). The third kappa shape index (κ3) is 5.26. The molecule has 20 heavy (non-hydrogen) atoms. The topological polar surface area (TPSA) is 75.6 Å². The van der Waals surface area contributed by atoms with Crippen molar-refractivity contribution in [3.05, 3.63) is 30.1 Å². The van der Waals surface area contributed by atoms with Crippen LogP contribution in [0.1, 0.15) is 26.2 Å². The van der Waals surface area contributed by atoms with Gasteiger partial charge >= 0.3 is 5.97 Å². The second-order valence-electron chi connectivity index (χ2n) is 4.28. The predicted octanol–water partition coefficient (Wildman–Crippen LogP) is 1.96. The van der Waals surface area contributed by atoms with E-state index in [1.54, 1.807) is 6.07 Å². The minimum Gasteiger partial charge on any atom is -0.490 e. The van der Waals surface area contributed by atoms with Gasteiger partial charge < -0.3 is 15.2 Å². The van der Waals surface area contributed by atoms with Crippen molar-refractivity contribution in [2.75, 3.05) is 6.61 Å². The number of ether oxygens (including phenoxy) is 1. The van der Waals surface area contributed by atoms with Gasteiger partial charge in [0.05, 0.1) is 13.0 Å². The zero-order valence-corrected chi connectivity index (χ0v) is 11.3. The van der Waals surface area contributed by atoms with Gasteiger partial charge in [0.25, 0.3) is 0 Å². The Morgan fingerprint density at radius 1 is 1.40 bits per heavy atom. The number of carbonyl (C=O) groups excluding carboxylic acids is 1. The first kappa shape index (κ1) is 15.9. The molecule has 1 aromatic rings. The summed E-state index contributed by atoms with van der Waals surface area (Å²) in [6.07, 6.45) is 1.00. The number of carboxylic acids is 1. The summed E-state index contributed by atoms with van der Waals surface area (Å²) in [6.45, 7) is 1.83. The summed E-state index contributed by atoms with van der Waals surface area (Å²) in [7, 11) is 0. The zero-order valence-electron chi connectivity index (χ0n) is 11.3. The molecule has 0 saturated heterocycles. The van der Waals surface area contributed by atoms with E-state index in [1.807, 2.05) is 6.92 Å². The number of benzene rings is 1. The van der Waals surface area contributed by atoms with Crippen molar-refractivity contribution in [2.45, 2.75) is 32.2 Å². The van der Waals surface area contributed by atoms with Crippen LogP contribution in [0.4, 0.5) is 4.39 Å². The van der Waals surface area contributed by atoms with Crippen LogP contribution < -0.4 is 10.1 Å². The number of rotatable bonds is 8. The zero-order chi connectivity index (χ0) is 15.0. The fraction of sp³-hybridized carbons (Fsp3) is 0.429. The van der Waals surface area contributed by atoms with Crippen LogP contribution in [0.3, 0.4) is 0 Å². The van der Waals surface area contributed by atoms with Crippen LogP contribution in [-0.4, -0.2) is 29.6 Å². The molecule has 0 spiro atoms. The molecule has 0 aliphatic heterocycles. The van der Waals surface area contributed by atoms with E-state index >= 15 is 0 Å². The minimum absolute atomic E-state index is 0.00870. The second kappa shape index (κ2) is 8.14. The van der Waals surface area contributed by atoms with Crippen LogP contribution in [0.25, 0.3) is 0 Å². The number of halogens is 1. The van der Waals surface area contributed by atoms with Gasteiger partial charge in [0.15, 0.2) is 11.6 Å². The molecule has 1 aromatic carbocycles. The number of carboxylic acid groups (broad SMARTS) is 1. The van der Waals surface area contributed by atoms with Crippen LogP contribution >= 0.6 is 0 Å². The van der Waals surface area contributed by atoms with Crippen molar-refractivity contribution in [3.63, 3.8) is 0 Å². The van der Waals surface area contributed by atoms with Gasteiger partial charge in [-0.2, -0.15) is 0 Å². The van der Waals surface area contributed by atoms with Crippen molar-refractivity contribution < 1.29 is 23.8 Å². The summed E-state index contributed by atoms with van der Waals surface area (Å²) in [5.41, 5.74) is 0. The van der Waals surface area contributed by atoms with E-state index in [-0.39, 0.29) is 18.8 Å². The number of carbonyl (C=O) groups is 2. The molecule has 0 aliphatic carbocycles. The van der Waals surface area contributed by atoms with E-state index in [0.29, 0.717) is 12.8 Å². The second-order valence-corrected chi connectivity index (χ2v) is 4.28. The first-order valence-corrected chi connectivity index (χ1v) is 6.44. The molecule has 2 N–H and O–H groups in total. The Hall–Kier alpha value is -2.11. The molecule has 0 fully saturated rings. The number of hydrogen-bond donors (Lipinski definition) is 2. The van der Waals surface area contributed by atoms with E-state index < -0.39 is 23.7 Å². The highest BCUT2D eigenvalue weighted by Gasteiger charge is 2.18. The average molecular weight is 283 g/mol. The fourth-order valence-corrected chi connectivity index (χ4v) is 1.63. The molecule has 0 aliphatic rings. The van der Waals surface area contributed by atoms with Crippen molar-refractivity contribution in [1.82, 2.24) is 5.32 Å². The number of nitrogens with one attached hydrogen (secondary N) is 1. The summed E-state index contributed by atoms with van der Waals surface area (Å²) in [5, 5.41) is 11.3. The Bertz CT molecular complexity index is 464. The van der Waals surface area contributed by atoms with Gasteiger partial charge in [-0.1, -0.05) is 25.5 Å². The highest BCUT2D eigenvalue weighted by atomic mass is 19.1. The summed E-state index contributed by atoms with van der Waals surface area (Å²) in [6, 6.07) is 5.00. The molecular formula is C14H18FNO4. The summed E-state index contributed by atoms with van der Waals surface area (Å²) in [5.74, 6) is -1.91. The van der Waals surface area contributed by atoms with Crippen LogP contribution in [0.15, 0.2) is 24.3 Å². The van der Waals surface area contributed by atoms with E-state index in [1.165, 1.54) is 18.2 Å². The maximum Gasteiger partial charge on any atom is 0.326 e. The van der Waals surface area contributed by atoms with Crippen molar-refractivity contribution in [2.24, 2.45) is 0 Å². The van der Waals surface area contributed by atoms with Gasteiger partial charge in [0.1, 0.15) is 6.04 Å². The van der Waals surface area contributed by atoms with Crippen LogP contribution in [-0.2, 0) is 9.59 Å². The van der Waals surface area contributed by atoms with Gasteiger partial charge in [-0.25, -0.2) is 9.18 Å². The monoisotopic (exact) mass is 283 g/mol. The van der Waals surface area contributed by atoms with E-state index in [4.69, 9.17) is 9.84 Å². The number of amides is 1. The lowest BCUT2D eigenvalue weighted by Crippen LogP contribution is -2.41. The summed E-state index contributed by atoms with van der Waals surface area (Å²) < 4.78 is 18.4. The van der Waals surface area contributed by atoms with Gasteiger partial charge in [0.2, 0.25) is 5.91 Å². The molecule has 110 valence electrons. The SMILES string of the molecule is CCCC(NC(=O)CCOc1ccccc1F)C(=O)O. The van der Waals surface area contributed by atoms with Crippen molar-refractivity contribution >= 4 is 11.9 Å². The minimum atomic E-state index is -1.06. The quantitative estimate of drug-likeness (QED) is 0.764. The normalized spacial score (nSPS) is 11.7. The number of hydrogen-bond acceptors (Lipinski definition) is 3. The molecule has 0 bridgehead atoms. The molecule has 5 nitrogen and oxygen atoms in total. The van der Waals surface area contributed by atoms with E-state index in [9.17, 15) is 14.0 Å². The summed E-state index contributed by atoms with van der Waals surface area (Å²) in [4.78, 5) is 22.4.